The van der Waals surface area contributed by atoms with Crippen LogP contribution in [0.25, 0.3) is 0 Å². The van der Waals surface area contributed by atoms with Gasteiger partial charge in [0, 0.05) is 51.8 Å². The molecule has 0 radical (unpaired) electrons. The highest BCUT2D eigenvalue weighted by Crippen LogP contribution is 2.44. The number of likely N-dealkylation sites (tertiary alicyclic amines) is 1. The minimum absolute atomic E-state index is 0.140. The molecule has 1 aromatic rings. The van der Waals surface area contributed by atoms with Gasteiger partial charge in [-0.15, -0.1) is 0 Å². The SMILES string of the molecule is CN(CC1CN(C(=O)OC(C)(C)C)C1)c1cc(N2CCCC3(CCCCC3)C2)nc(C(F)(F)F)n1. The van der Waals surface area contributed by atoms with Crippen LogP contribution in [0.2, 0.25) is 0 Å². The van der Waals surface area contributed by atoms with Crippen molar-refractivity contribution in [1.29, 1.82) is 0 Å². The van der Waals surface area contributed by atoms with E-state index in [4.69, 9.17) is 4.74 Å². The Bertz CT molecular complexity index is 900. The summed E-state index contributed by atoms with van der Waals surface area (Å²) in [6.07, 6.45) is 3.06. The van der Waals surface area contributed by atoms with E-state index in [0.717, 1.165) is 32.2 Å². The van der Waals surface area contributed by atoms with Crippen molar-refractivity contribution >= 4 is 17.7 Å². The van der Waals surface area contributed by atoms with Gasteiger partial charge in [-0.2, -0.15) is 13.2 Å². The van der Waals surface area contributed by atoms with E-state index in [2.05, 4.69) is 9.97 Å². The van der Waals surface area contributed by atoms with Crippen molar-refractivity contribution in [3.63, 3.8) is 0 Å². The van der Waals surface area contributed by atoms with Gasteiger partial charge in [0.25, 0.3) is 0 Å². The number of piperidine rings is 1. The molecule has 0 bridgehead atoms. The van der Waals surface area contributed by atoms with Gasteiger partial charge in [-0.25, -0.2) is 14.8 Å². The zero-order valence-electron chi connectivity index (χ0n) is 21.3. The molecule has 1 amide bonds. The van der Waals surface area contributed by atoms with Crippen molar-refractivity contribution in [1.82, 2.24) is 14.9 Å². The average Bonchev–Trinajstić information content (AvgIpc) is 2.74. The van der Waals surface area contributed by atoms with Gasteiger partial charge >= 0.3 is 12.3 Å². The predicted octanol–water partition coefficient (Wildman–Crippen LogP) is 5.35. The van der Waals surface area contributed by atoms with Crippen LogP contribution < -0.4 is 9.80 Å². The van der Waals surface area contributed by atoms with E-state index >= 15 is 0 Å². The Morgan fingerprint density at radius 2 is 1.77 bits per heavy atom. The lowest BCUT2D eigenvalue weighted by Gasteiger charge is -2.46. The van der Waals surface area contributed by atoms with Crippen molar-refractivity contribution < 1.29 is 22.7 Å². The molecule has 35 heavy (non-hydrogen) atoms. The Morgan fingerprint density at radius 3 is 2.40 bits per heavy atom. The fraction of sp³-hybridized carbons (Fsp3) is 0.800. The molecular formula is C25H38F3N5O2. The van der Waals surface area contributed by atoms with Gasteiger partial charge in [0.2, 0.25) is 5.82 Å². The second-order valence-electron chi connectivity index (χ2n) is 11.6. The fourth-order valence-electron chi connectivity index (χ4n) is 5.66. The standard InChI is InChI=1S/C25H38F3N5O2/c1-23(2,3)35-22(34)33-15-18(16-33)14-31(4)19-13-20(30-21(29-19)25(26,27)28)32-12-8-11-24(17-32)9-6-5-7-10-24/h13,18H,5-12,14-17H2,1-4H3. The number of ether oxygens (including phenoxy) is 1. The summed E-state index contributed by atoms with van der Waals surface area (Å²) in [7, 11) is 1.75. The number of hydrogen-bond acceptors (Lipinski definition) is 6. The van der Waals surface area contributed by atoms with Crippen LogP contribution in [0.4, 0.5) is 29.6 Å². The molecule has 3 aliphatic rings. The van der Waals surface area contributed by atoms with Gasteiger partial charge in [-0.1, -0.05) is 19.3 Å². The molecule has 0 unspecified atom stereocenters. The maximum absolute atomic E-state index is 13.7. The van der Waals surface area contributed by atoms with Crippen LogP contribution in [0, 0.1) is 11.3 Å². The van der Waals surface area contributed by atoms with E-state index in [1.165, 1.54) is 19.3 Å². The summed E-state index contributed by atoms with van der Waals surface area (Å²) in [5, 5.41) is 0. The van der Waals surface area contributed by atoms with E-state index < -0.39 is 17.6 Å². The van der Waals surface area contributed by atoms with Crippen molar-refractivity contribution in [2.24, 2.45) is 11.3 Å². The highest BCUT2D eigenvalue weighted by molar-refractivity contribution is 5.69. The molecule has 2 saturated heterocycles. The minimum atomic E-state index is -4.62. The molecule has 0 N–H and O–H groups in total. The summed E-state index contributed by atoms with van der Waals surface area (Å²) in [6.45, 7) is 8.45. The maximum Gasteiger partial charge on any atom is 0.451 e. The lowest BCUT2D eigenvalue weighted by molar-refractivity contribution is -0.144. The summed E-state index contributed by atoms with van der Waals surface area (Å²) in [6, 6.07) is 1.70. The first-order valence-corrected chi connectivity index (χ1v) is 12.7. The Balaban J connectivity index is 1.46. The van der Waals surface area contributed by atoms with Gasteiger partial charge in [0.1, 0.15) is 17.2 Å². The molecule has 2 aliphatic heterocycles. The smallest absolute Gasteiger partial charge is 0.444 e. The molecule has 1 spiro atoms. The number of alkyl halides is 3. The summed E-state index contributed by atoms with van der Waals surface area (Å²) in [5.41, 5.74) is -0.363. The molecule has 0 atom stereocenters. The first kappa shape index (κ1) is 25.8. The fourth-order valence-corrected chi connectivity index (χ4v) is 5.66. The van der Waals surface area contributed by atoms with Crippen molar-refractivity contribution in [2.45, 2.75) is 77.5 Å². The first-order chi connectivity index (χ1) is 16.3. The lowest BCUT2D eigenvalue weighted by Crippen LogP contribution is -2.54. The summed E-state index contributed by atoms with van der Waals surface area (Å²) in [5.74, 6) is -0.325. The van der Waals surface area contributed by atoms with Crippen LogP contribution in [0.15, 0.2) is 6.07 Å². The van der Waals surface area contributed by atoms with Crippen molar-refractivity contribution in [3.8, 4) is 0 Å². The number of carbonyl (C=O) groups is 1. The topological polar surface area (TPSA) is 61.8 Å². The lowest BCUT2D eigenvalue weighted by atomic mass is 9.69. The number of carbonyl (C=O) groups excluding carboxylic acids is 1. The summed E-state index contributed by atoms with van der Waals surface area (Å²) < 4.78 is 46.6. The minimum Gasteiger partial charge on any atom is -0.444 e. The molecule has 10 heteroatoms. The number of halogens is 3. The number of nitrogens with zero attached hydrogens (tertiary/aromatic N) is 5. The van der Waals surface area contributed by atoms with Crippen molar-refractivity contribution in [3.05, 3.63) is 11.9 Å². The van der Waals surface area contributed by atoms with Gasteiger partial charge in [0.15, 0.2) is 0 Å². The number of rotatable bonds is 4. The Morgan fingerprint density at radius 1 is 1.11 bits per heavy atom. The van der Waals surface area contributed by atoms with Crippen LogP contribution in [-0.2, 0) is 10.9 Å². The highest BCUT2D eigenvalue weighted by atomic mass is 19.4. The van der Waals surface area contributed by atoms with Gasteiger partial charge < -0.3 is 19.4 Å². The molecule has 7 nitrogen and oxygen atoms in total. The molecular weight excluding hydrogens is 459 g/mol. The number of anilines is 2. The monoisotopic (exact) mass is 497 g/mol. The molecule has 1 aliphatic carbocycles. The van der Waals surface area contributed by atoms with E-state index in [1.54, 1.807) is 22.9 Å². The third-order valence-corrected chi connectivity index (χ3v) is 7.38. The quantitative estimate of drug-likeness (QED) is 0.559. The van der Waals surface area contributed by atoms with Crippen LogP contribution in [0.1, 0.15) is 71.5 Å². The van der Waals surface area contributed by atoms with Crippen LogP contribution in [0.5, 0.6) is 0 Å². The molecule has 3 heterocycles. The second-order valence-corrected chi connectivity index (χ2v) is 11.6. The molecule has 1 aromatic heterocycles. The normalized spacial score (nSPS) is 21.1. The van der Waals surface area contributed by atoms with Crippen LogP contribution >= 0.6 is 0 Å². The third-order valence-electron chi connectivity index (χ3n) is 7.38. The average molecular weight is 498 g/mol. The zero-order valence-corrected chi connectivity index (χ0v) is 21.3. The Labute approximate surface area is 206 Å². The number of aromatic nitrogens is 2. The van der Waals surface area contributed by atoms with E-state index in [-0.39, 0.29) is 23.2 Å². The highest BCUT2D eigenvalue weighted by Gasteiger charge is 2.40. The third kappa shape index (κ3) is 6.30. The Hall–Kier alpha value is -2.26. The van der Waals surface area contributed by atoms with Crippen LogP contribution in [0.3, 0.4) is 0 Å². The summed E-state index contributed by atoms with van der Waals surface area (Å²) in [4.78, 5) is 25.4. The van der Waals surface area contributed by atoms with E-state index in [9.17, 15) is 18.0 Å². The van der Waals surface area contributed by atoms with Crippen LogP contribution in [-0.4, -0.2) is 66.3 Å². The number of hydrogen-bond donors (Lipinski definition) is 0. The van der Waals surface area contributed by atoms with E-state index in [0.29, 0.717) is 32.0 Å². The van der Waals surface area contributed by atoms with Gasteiger partial charge in [-0.3, -0.25) is 0 Å². The maximum atomic E-state index is 13.7. The van der Waals surface area contributed by atoms with Crippen molar-refractivity contribution in [2.75, 3.05) is 49.6 Å². The van der Waals surface area contributed by atoms with E-state index in [1.807, 2.05) is 25.7 Å². The van der Waals surface area contributed by atoms with Gasteiger partial charge in [-0.05, 0) is 51.9 Å². The number of amides is 1. The zero-order chi connectivity index (χ0) is 25.4. The molecule has 3 fully saturated rings. The molecule has 196 valence electrons. The second kappa shape index (κ2) is 9.65. The largest absolute Gasteiger partial charge is 0.451 e. The summed E-state index contributed by atoms with van der Waals surface area (Å²) >= 11 is 0. The Kier molecular flexibility index (Phi) is 7.12. The molecule has 4 rings (SSSR count). The molecule has 1 saturated carbocycles. The first-order valence-electron chi connectivity index (χ1n) is 12.7. The van der Waals surface area contributed by atoms with Gasteiger partial charge in [0.05, 0.1) is 0 Å². The predicted molar refractivity (Wildman–Crippen MR) is 129 cm³/mol. The molecule has 0 aromatic carbocycles.